The Bertz CT molecular complexity index is 974. The van der Waals surface area contributed by atoms with E-state index in [2.05, 4.69) is 32.5 Å². The van der Waals surface area contributed by atoms with Crippen LogP contribution < -0.4 is 21.7 Å². The Labute approximate surface area is 155 Å². The molecule has 0 aliphatic rings. The van der Waals surface area contributed by atoms with Crippen molar-refractivity contribution in [2.75, 3.05) is 21.7 Å². The Kier molecular flexibility index (Phi) is 5.27. The summed E-state index contributed by atoms with van der Waals surface area (Å²) in [5.74, 6) is 0.0558. The predicted octanol–water partition coefficient (Wildman–Crippen LogP) is 3.81. The summed E-state index contributed by atoms with van der Waals surface area (Å²) < 4.78 is 13.0. The van der Waals surface area contributed by atoms with Gasteiger partial charge in [0.2, 0.25) is 11.9 Å². The van der Waals surface area contributed by atoms with Gasteiger partial charge in [0.1, 0.15) is 5.82 Å². The van der Waals surface area contributed by atoms with Gasteiger partial charge in [0.25, 0.3) is 0 Å². The van der Waals surface area contributed by atoms with E-state index in [1.807, 2.05) is 0 Å². The van der Waals surface area contributed by atoms with Crippen LogP contribution in [0.5, 0.6) is 0 Å². The zero-order chi connectivity index (χ0) is 19.2. The van der Waals surface area contributed by atoms with Gasteiger partial charge in [0.05, 0.1) is 11.9 Å². The molecule has 0 spiro atoms. The Morgan fingerprint density at radius 2 is 1.81 bits per heavy atom. The maximum atomic E-state index is 13.0. The molecule has 1 amide bonds. The lowest BCUT2D eigenvalue weighted by atomic mass is 10.2. The molecule has 0 fully saturated rings. The van der Waals surface area contributed by atoms with Gasteiger partial charge in [-0.2, -0.15) is 4.98 Å². The van der Waals surface area contributed by atoms with Gasteiger partial charge in [-0.05, 0) is 48.5 Å². The first-order valence-corrected chi connectivity index (χ1v) is 7.99. The number of hydrogen-bond donors (Lipinski definition) is 4. The molecule has 136 valence electrons. The number of nitrogens with zero attached hydrogens (tertiary/aromatic N) is 2. The maximum Gasteiger partial charge on any atom is 0.247 e. The molecule has 0 bridgehead atoms. The standard InChI is InChI=1S/C19H17FN6O/c1-2-17(27)23-14-4-3-5-15(10-14)24-18-16(21)11-22-19(26-18)25-13-8-6-12(20)7-9-13/h2-11H,1,21H2,(H,23,27)(H2,22,24,25,26). The minimum absolute atomic E-state index is 0.300. The van der Waals surface area contributed by atoms with E-state index in [0.29, 0.717) is 34.5 Å². The molecular formula is C19H17FN6O. The summed E-state index contributed by atoms with van der Waals surface area (Å²) in [5, 5.41) is 8.74. The summed E-state index contributed by atoms with van der Waals surface area (Å²) in [6, 6.07) is 12.9. The van der Waals surface area contributed by atoms with E-state index in [-0.39, 0.29) is 11.7 Å². The number of benzene rings is 2. The van der Waals surface area contributed by atoms with Gasteiger partial charge in [-0.25, -0.2) is 9.37 Å². The molecule has 0 radical (unpaired) electrons. The number of amides is 1. The van der Waals surface area contributed by atoms with Gasteiger partial charge < -0.3 is 21.7 Å². The predicted molar refractivity (Wildman–Crippen MR) is 105 cm³/mol. The van der Waals surface area contributed by atoms with Gasteiger partial charge in [-0.1, -0.05) is 12.6 Å². The van der Waals surface area contributed by atoms with Crippen LogP contribution in [0.15, 0.2) is 67.4 Å². The fraction of sp³-hybridized carbons (Fsp3) is 0. The van der Waals surface area contributed by atoms with Crippen molar-refractivity contribution in [3.05, 3.63) is 73.2 Å². The van der Waals surface area contributed by atoms with Crippen molar-refractivity contribution >= 4 is 40.4 Å². The number of nitrogen functional groups attached to an aromatic ring is 1. The number of carbonyl (C=O) groups is 1. The average molecular weight is 364 g/mol. The van der Waals surface area contributed by atoms with Crippen LogP contribution in [-0.4, -0.2) is 15.9 Å². The Hall–Kier alpha value is -3.94. The number of rotatable bonds is 6. The normalized spacial score (nSPS) is 10.1. The van der Waals surface area contributed by atoms with Crippen LogP contribution in [0.3, 0.4) is 0 Å². The lowest BCUT2D eigenvalue weighted by molar-refractivity contribution is -0.111. The molecule has 1 heterocycles. The first-order valence-electron chi connectivity index (χ1n) is 7.99. The van der Waals surface area contributed by atoms with Gasteiger partial charge in [-0.15, -0.1) is 0 Å². The minimum atomic E-state index is -0.329. The van der Waals surface area contributed by atoms with Gasteiger partial charge in [-0.3, -0.25) is 4.79 Å². The van der Waals surface area contributed by atoms with Crippen molar-refractivity contribution in [1.29, 1.82) is 0 Å². The highest BCUT2D eigenvalue weighted by Crippen LogP contribution is 2.24. The van der Waals surface area contributed by atoms with E-state index >= 15 is 0 Å². The van der Waals surface area contributed by atoms with Crippen molar-refractivity contribution in [2.45, 2.75) is 0 Å². The molecule has 2 aromatic carbocycles. The molecule has 0 saturated carbocycles. The Morgan fingerprint density at radius 1 is 1.07 bits per heavy atom. The highest BCUT2D eigenvalue weighted by atomic mass is 19.1. The number of anilines is 6. The molecule has 3 aromatic rings. The number of nitrogens with one attached hydrogen (secondary N) is 3. The third-order valence-corrected chi connectivity index (χ3v) is 3.50. The van der Waals surface area contributed by atoms with Gasteiger partial charge >= 0.3 is 0 Å². The van der Waals surface area contributed by atoms with E-state index in [9.17, 15) is 9.18 Å². The summed E-state index contributed by atoms with van der Waals surface area (Å²) in [6.07, 6.45) is 2.65. The maximum absolute atomic E-state index is 13.0. The van der Waals surface area contributed by atoms with Crippen LogP contribution >= 0.6 is 0 Å². The second kappa shape index (κ2) is 7.96. The molecule has 7 nitrogen and oxygen atoms in total. The van der Waals surface area contributed by atoms with E-state index in [1.54, 1.807) is 36.4 Å². The smallest absolute Gasteiger partial charge is 0.247 e. The number of nitrogens with two attached hydrogens (primary N) is 1. The molecule has 0 aliphatic carbocycles. The molecular weight excluding hydrogens is 347 g/mol. The fourth-order valence-electron chi connectivity index (χ4n) is 2.22. The number of aromatic nitrogens is 2. The van der Waals surface area contributed by atoms with E-state index in [4.69, 9.17) is 5.73 Å². The zero-order valence-corrected chi connectivity index (χ0v) is 14.2. The lowest BCUT2D eigenvalue weighted by Crippen LogP contribution is -2.08. The highest BCUT2D eigenvalue weighted by Gasteiger charge is 2.07. The van der Waals surface area contributed by atoms with E-state index in [1.165, 1.54) is 24.4 Å². The quantitative estimate of drug-likeness (QED) is 0.496. The van der Waals surface area contributed by atoms with Gasteiger partial charge in [0, 0.05) is 17.1 Å². The van der Waals surface area contributed by atoms with Crippen molar-refractivity contribution < 1.29 is 9.18 Å². The van der Waals surface area contributed by atoms with Crippen LogP contribution in [-0.2, 0) is 4.79 Å². The first-order chi connectivity index (χ1) is 13.0. The molecule has 0 unspecified atom stereocenters. The van der Waals surface area contributed by atoms with Gasteiger partial charge in [0.15, 0.2) is 5.82 Å². The molecule has 3 rings (SSSR count). The summed E-state index contributed by atoms with van der Waals surface area (Å²) in [7, 11) is 0. The van der Waals surface area contributed by atoms with Crippen molar-refractivity contribution in [2.24, 2.45) is 0 Å². The first kappa shape index (κ1) is 17.9. The van der Waals surface area contributed by atoms with E-state index < -0.39 is 0 Å². The highest BCUT2D eigenvalue weighted by molar-refractivity contribution is 5.99. The molecule has 1 aromatic heterocycles. The molecule has 0 atom stereocenters. The van der Waals surface area contributed by atoms with Crippen molar-refractivity contribution in [3.8, 4) is 0 Å². The number of halogens is 1. The fourth-order valence-corrected chi connectivity index (χ4v) is 2.22. The van der Waals surface area contributed by atoms with Crippen LogP contribution in [0.25, 0.3) is 0 Å². The topological polar surface area (TPSA) is 105 Å². The van der Waals surface area contributed by atoms with Crippen molar-refractivity contribution in [3.63, 3.8) is 0 Å². The third kappa shape index (κ3) is 4.79. The molecule has 0 saturated heterocycles. The van der Waals surface area contributed by atoms with Crippen LogP contribution in [0.1, 0.15) is 0 Å². The van der Waals surface area contributed by atoms with Crippen molar-refractivity contribution in [1.82, 2.24) is 9.97 Å². The third-order valence-electron chi connectivity index (χ3n) is 3.50. The van der Waals surface area contributed by atoms with Crippen LogP contribution in [0.4, 0.5) is 38.9 Å². The Morgan fingerprint density at radius 3 is 2.56 bits per heavy atom. The summed E-state index contributed by atoms with van der Waals surface area (Å²) in [6.45, 7) is 3.42. The van der Waals surface area contributed by atoms with E-state index in [0.717, 1.165) is 0 Å². The molecule has 0 aliphatic heterocycles. The SMILES string of the molecule is C=CC(=O)Nc1cccc(Nc2nc(Nc3ccc(F)cc3)ncc2N)c1. The summed E-state index contributed by atoms with van der Waals surface area (Å²) in [5.41, 5.74) is 8.21. The van der Waals surface area contributed by atoms with Crippen LogP contribution in [0.2, 0.25) is 0 Å². The second-order valence-corrected chi connectivity index (χ2v) is 5.53. The monoisotopic (exact) mass is 364 g/mol. The molecule has 5 N–H and O–H groups in total. The zero-order valence-electron chi connectivity index (χ0n) is 14.2. The largest absolute Gasteiger partial charge is 0.394 e. The minimum Gasteiger partial charge on any atom is -0.394 e. The van der Waals surface area contributed by atoms with Crippen LogP contribution in [0, 0.1) is 5.82 Å². The summed E-state index contributed by atoms with van der Waals surface area (Å²) in [4.78, 5) is 19.9. The lowest BCUT2D eigenvalue weighted by Gasteiger charge is -2.12. The Balaban J connectivity index is 1.78. The second-order valence-electron chi connectivity index (χ2n) is 5.53. The summed E-state index contributed by atoms with van der Waals surface area (Å²) >= 11 is 0. The number of hydrogen-bond acceptors (Lipinski definition) is 6. The average Bonchev–Trinajstić information content (AvgIpc) is 2.66. The molecule has 8 heteroatoms. The molecule has 27 heavy (non-hydrogen) atoms. The number of carbonyl (C=O) groups excluding carboxylic acids is 1.